The van der Waals surface area contributed by atoms with Crippen LogP contribution in [-0.4, -0.2) is 13.1 Å². The number of halogens is 1. The van der Waals surface area contributed by atoms with Crippen LogP contribution in [0.15, 0.2) is 18.2 Å². The SMILES string of the molecule is CCCCCc1cc(CCC(=O)OOC)ccc1F. The van der Waals surface area contributed by atoms with E-state index in [1.54, 1.807) is 6.07 Å². The molecule has 0 aliphatic rings. The summed E-state index contributed by atoms with van der Waals surface area (Å²) in [6, 6.07) is 5.02. The van der Waals surface area contributed by atoms with Crippen molar-refractivity contribution in [2.24, 2.45) is 0 Å². The number of carbonyl (C=O) groups is 1. The molecule has 0 saturated heterocycles. The van der Waals surface area contributed by atoms with Gasteiger partial charge >= 0.3 is 5.97 Å². The van der Waals surface area contributed by atoms with E-state index in [4.69, 9.17) is 0 Å². The largest absolute Gasteiger partial charge is 0.342 e. The minimum absolute atomic E-state index is 0.167. The van der Waals surface area contributed by atoms with E-state index in [2.05, 4.69) is 16.7 Å². The van der Waals surface area contributed by atoms with Crippen LogP contribution in [0, 0.1) is 5.82 Å². The van der Waals surface area contributed by atoms with E-state index in [-0.39, 0.29) is 12.2 Å². The van der Waals surface area contributed by atoms with Gasteiger partial charge in [0, 0.05) is 0 Å². The molecule has 19 heavy (non-hydrogen) atoms. The fourth-order valence-corrected chi connectivity index (χ4v) is 1.92. The lowest BCUT2D eigenvalue weighted by molar-refractivity contribution is -0.254. The van der Waals surface area contributed by atoms with Crippen LogP contribution in [0.1, 0.15) is 43.7 Å². The number of benzene rings is 1. The predicted octanol–water partition coefficient (Wildman–Crippen LogP) is 3.60. The van der Waals surface area contributed by atoms with Crippen molar-refractivity contribution in [2.75, 3.05) is 7.11 Å². The summed E-state index contributed by atoms with van der Waals surface area (Å²) in [6.07, 6.45) is 4.71. The van der Waals surface area contributed by atoms with Crippen molar-refractivity contribution < 1.29 is 19.0 Å². The Morgan fingerprint density at radius 1 is 1.26 bits per heavy atom. The average molecular weight is 268 g/mol. The molecule has 0 N–H and O–H groups in total. The maximum Gasteiger partial charge on any atom is 0.342 e. The molecule has 0 spiro atoms. The first-order valence-electron chi connectivity index (χ1n) is 6.68. The number of hydrogen-bond acceptors (Lipinski definition) is 3. The van der Waals surface area contributed by atoms with E-state index in [1.807, 2.05) is 6.07 Å². The lowest BCUT2D eigenvalue weighted by atomic mass is 10.0. The smallest absolute Gasteiger partial charge is 0.299 e. The van der Waals surface area contributed by atoms with Crippen molar-refractivity contribution in [3.05, 3.63) is 35.1 Å². The van der Waals surface area contributed by atoms with Gasteiger partial charge in [-0.25, -0.2) is 9.18 Å². The van der Waals surface area contributed by atoms with Crippen LogP contribution in [0.5, 0.6) is 0 Å². The second-order valence-electron chi connectivity index (χ2n) is 4.50. The van der Waals surface area contributed by atoms with Gasteiger partial charge in [0.25, 0.3) is 0 Å². The van der Waals surface area contributed by atoms with Gasteiger partial charge in [0.1, 0.15) is 5.82 Å². The first kappa shape index (κ1) is 15.6. The molecule has 3 nitrogen and oxygen atoms in total. The molecular weight excluding hydrogens is 247 g/mol. The summed E-state index contributed by atoms with van der Waals surface area (Å²) in [6.45, 7) is 2.12. The van der Waals surface area contributed by atoms with E-state index in [1.165, 1.54) is 13.2 Å². The Balaban J connectivity index is 2.54. The van der Waals surface area contributed by atoms with E-state index >= 15 is 0 Å². The summed E-state index contributed by atoms with van der Waals surface area (Å²) in [5, 5.41) is 0. The zero-order chi connectivity index (χ0) is 14.1. The molecule has 0 saturated carbocycles. The Bertz CT molecular complexity index is 404. The third-order valence-corrected chi connectivity index (χ3v) is 2.95. The molecule has 0 unspecified atom stereocenters. The van der Waals surface area contributed by atoms with Gasteiger partial charge in [0.15, 0.2) is 0 Å². The van der Waals surface area contributed by atoms with Crippen LogP contribution < -0.4 is 0 Å². The Kier molecular flexibility index (Phi) is 7.11. The van der Waals surface area contributed by atoms with Gasteiger partial charge in [-0.05, 0) is 36.5 Å². The van der Waals surface area contributed by atoms with Crippen LogP contribution in [0.3, 0.4) is 0 Å². The molecule has 1 aromatic carbocycles. The normalized spacial score (nSPS) is 10.5. The molecule has 4 heteroatoms. The molecule has 0 radical (unpaired) electrons. The van der Waals surface area contributed by atoms with Crippen molar-refractivity contribution >= 4 is 5.97 Å². The van der Waals surface area contributed by atoms with E-state index < -0.39 is 5.97 Å². The maximum atomic E-state index is 13.6. The highest BCUT2D eigenvalue weighted by Gasteiger charge is 2.07. The molecule has 0 aliphatic carbocycles. The number of aryl methyl sites for hydroxylation is 2. The monoisotopic (exact) mass is 268 g/mol. The minimum Gasteiger partial charge on any atom is -0.299 e. The topological polar surface area (TPSA) is 35.5 Å². The summed E-state index contributed by atoms with van der Waals surface area (Å²) in [7, 11) is 1.29. The molecule has 0 atom stereocenters. The number of rotatable bonds is 8. The molecule has 0 heterocycles. The summed E-state index contributed by atoms with van der Waals surface area (Å²) in [5.74, 6) is -0.585. The van der Waals surface area contributed by atoms with E-state index in [0.29, 0.717) is 6.42 Å². The second-order valence-corrected chi connectivity index (χ2v) is 4.50. The minimum atomic E-state index is -0.417. The number of hydrogen-bond donors (Lipinski definition) is 0. The lowest BCUT2D eigenvalue weighted by Crippen LogP contribution is -2.05. The third-order valence-electron chi connectivity index (χ3n) is 2.95. The van der Waals surface area contributed by atoms with Crippen molar-refractivity contribution in [2.45, 2.75) is 45.4 Å². The Labute approximate surface area is 113 Å². The van der Waals surface area contributed by atoms with Crippen LogP contribution in [0.4, 0.5) is 4.39 Å². The number of carbonyl (C=O) groups excluding carboxylic acids is 1. The molecule has 0 amide bonds. The standard InChI is InChI=1S/C15H21FO3/c1-3-4-5-6-13-11-12(7-9-14(13)16)8-10-15(17)19-18-2/h7,9,11H,3-6,8,10H2,1-2H3. The van der Waals surface area contributed by atoms with E-state index in [0.717, 1.165) is 36.8 Å². The van der Waals surface area contributed by atoms with Crippen LogP contribution in [0.2, 0.25) is 0 Å². The molecule has 1 aromatic rings. The van der Waals surface area contributed by atoms with Gasteiger partial charge in [0.2, 0.25) is 0 Å². The summed E-state index contributed by atoms with van der Waals surface area (Å²) in [4.78, 5) is 19.8. The molecule has 106 valence electrons. The number of unbranched alkanes of at least 4 members (excludes halogenated alkanes) is 2. The van der Waals surface area contributed by atoms with E-state index in [9.17, 15) is 9.18 Å². The van der Waals surface area contributed by atoms with Crippen molar-refractivity contribution in [3.63, 3.8) is 0 Å². The van der Waals surface area contributed by atoms with Crippen LogP contribution in [0.25, 0.3) is 0 Å². The molecule has 0 aromatic heterocycles. The van der Waals surface area contributed by atoms with Gasteiger partial charge in [-0.1, -0.05) is 31.9 Å². The molecule has 0 bridgehead atoms. The van der Waals surface area contributed by atoms with Crippen LogP contribution >= 0.6 is 0 Å². The first-order chi connectivity index (χ1) is 9.17. The fourth-order valence-electron chi connectivity index (χ4n) is 1.92. The summed E-state index contributed by atoms with van der Waals surface area (Å²) in [5.41, 5.74) is 1.67. The predicted molar refractivity (Wildman–Crippen MR) is 71.1 cm³/mol. The highest BCUT2D eigenvalue weighted by molar-refractivity contribution is 5.69. The second kappa shape index (κ2) is 8.64. The zero-order valence-corrected chi connectivity index (χ0v) is 11.6. The molecule has 1 rings (SSSR count). The molecule has 0 fully saturated rings. The zero-order valence-electron chi connectivity index (χ0n) is 11.6. The molecule has 0 aliphatic heterocycles. The van der Waals surface area contributed by atoms with Crippen molar-refractivity contribution in [1.82, 2.24) is 0 Å². The fraction of sp³-hybridized carbons (Fsp3) is 0.533. The Morgan fingerprint density at radius 2 is 2.05 bits per heavy atom. The van der Waals surface area contributed by atoms with Gasteiger partial charge in [0.05, 0.1) is 13.5 Å². The molecular formula is C15H21FO3. The van der Waals surface area contributed by atoms with Gasteiger partial charge in [-0.3, -0.25) is 4.89 Å². The summed E-state index contributed by atoms with van der Waals surface area (Å²) < 4.78 is 13.6. The Morgan fingerprint density at radius 3 is 2.74 bits per heavy atom. The first-order valence-corrected chi connectivity index (χ1v) is 6.68. The van der Waals surface area contributed by atoms with Crippen molar-refractivity contribution in [1.29, 1.82) is 0 Å². The van der Waals surface area contributed by atoms with Crippen LogP contribution in [-0.2, 0) is 27.4 Å². The Hall–Kier alpha value is -1.42. The average Bonchev–Trinajstić information content (AvgIpc) is 2.40. The quantitative estimate of drug-likeness (QED) is 0.410. The van der Waals surface area contributed by atoms with Crippen molar-refractivity contribution in [3.8, 4) is 0 Å². The van der Waals surface area contributed by atoms with Gasteiger partial charge in [-0.15, -0.1) is 0 Å². The highest BCUT2D eigenvalue weighted by Crippen LogP contribution is 2.15. The summed E-state index contributed by atoms with van der Waals surface area (Å²) >= 11 is 0. The van der Waals surface area contributed by atoms with Gasteiger partial charge < -0.3 is 0 Å². The maximum absolute atomic E-state index is 13.6. The highest BCUT2D eigenvalue weighted by atomic mass is 19.1. The van der Waals surface area contributed by atoms with Gasteiger partial charge in [-0.2, -0.15) is 4.89 Å². The lowest BCUT2D eigenvalue weighted by Gasteiger charge is -2.06. The third kappa shape index (κ3) is 5.83.